The number of hydrogen-bond donors (Lipinski definition) is 0. The Labute approximate surface area is 133 Å². The second-order valence-corrected chi connectivity index (χ2v) is 7.24. The molecular weight excluding hydrogens is 320 g/mol. The zero-order valence-electron chi connectivity index (χ0n) is 12.3. The molecule has 0 unspecified atom stereocenters. The van der Waals surface area contributed by atoms with E-state index in [1.165, 1.54) is 37.5 Å². The fourth-order valence-electron chi connectivity index (χ4n) is 3.76. The van der Waals surface area contributed by atoms with E-state index in [9.17, 15) is 0 Å². The largest absolute Gasteiger partial charge is 0.0620 e. The summed E-state index contributed by atoms with van der Waals surface area (Å²) in [5.74, 6) is 0. The van der Waals surface area contributed by atoms with Gasteiger partial charge in [-0.25, -0.2) is 0 Å². The molecule has 0 heterocycles. The van der Waals surface area contributed by atoms with E-state index in [-0.39, 0.29) is 5.41 Å². The molecule has 1 aliphatic rings. The zero-order chi connectivity index (χ0) is 14.6. The van der Waals surface area contributed by atoms with Gasteiger partial charge in [-0.05, 0) is 45.5 Å². The van der Waals surface area contributed by atoms with Crippen LogP contribution < -0.4 is 0 Å². The van der Waals surface area contributed by atoms with Crippen molar-refractivity contribution in [2.45, 2.75) is 25.7 Å². The summed E-state index contributed by atoms with van der Waals surface area (Å²) in [5.41, 5.74) is 5.91. The highest BCUT2D eigenvalue weighted by atomic mass is 79.9. The second-order valence-electron chi connectivity index (χ2n) is 6.39. The number of fused-ring (bicyclic) bond motifs is 4. The smallest absolute Gasteiger partial charge is 0.0256 e. The lowest BCUT2D eigenvalue weighted by atomic mass is 9.68. The van der Waals surface area contributed by atoms with Crippen LogP contribution >= 0.6 is 15.9 Å². The summed E-state index contributed by atoms with van der Waals surface area (Å²) in [6.07, 6.45) is 1.03. The molecule has 1 aliphatic carbocycles. The number of hydrogen-bond acceptors (Lipinski definition) is 0. The van der Waals surface area contributed by atoms with Crippen LogP contribution in [0.15, 0.2) is 59.1 Å². The number of rotatable bonds is 0. The van der Waals surface area contributed by atoms with Crippen molar-refractivity contribution in [1.29, 1.82) is 0 Å². The average Bonchev–Trinajstić information content (AvgIpc) is 2.49. The van der Waals surface area contributed by atoms with Gasteiger partial charge in [0.15, 0.2) is 0 Å². The Bertz CT molecular complexity index is 859. The van der Waals surface area contributed by atoms with Crippen LogP contribution in [-0.4, -0.2) is 0 Å². The third kappa shape index (κ3) is 1.80. The van der Waals surface area contributed by atoms with E-state index in [0.717, 1.165) is 6.42 Å². The van der Waals surface area contributed by atoms with Crippen molar-refractivity contribution in [3.8, 4) is 0 Å². The van der Waals surface area contributed by atoms with E-state index in [0.29, 0.717) is 0 Å². The molecule has 0 spiro atoms. The molecular formula is C20H17Br. The Morgan fingerprint density at radius 2 is 1.52 bits per heavy atom. The van der Waals surface area contributed by atoms with E-state index >= 15 is 0 Å². The first-order valence-electron chi connectivity index (χ1n) is 7.38. The third-order valence-electron chi connectivity index (χ3n) is 4.84. The van der Waals surface area contributed by atoms with Crippen LogP contribution in [0.25, 0.3) is 10.8 Å². The summed E-state index contributed by atoms with van der Waals surface area (Å²) in [7, 11) is 0. The van der Waals surface area contributed by atoms with Crippen LogP contribution in [0.5, 0.6) is 0 Å². The van der Waals surface area contributed by atoms with Gasteiger partial charge in [0, 0.05) is 9.89 Å². The molecule has 0 atom stereocenters. The topological polar surface area (TPSA) is 0 Å². The van der Waals surface area contributed by atoms with E-state index in [4.69, 9.17) is 0 Å². The predicted molar refractivity (Wildman–Crippen MR) is 93.0 cm³/mol. The molecule has 0 N–H and O–H groups in total. The Hall–Kier alpha value is -1.60. The van der Waals surface area contributed by atoms with Crippen LogP contribution in [-0.2, 0) is 11.8 Å². The monoisotopic (exact) mass is 336 g/mol. The molecule has 0 saturated heterocycles. The van der Waals surface area contributed by atoms with Gasteiger partial charge in [0.1, 0.15) is 0 Å². The number of halogens is 1. The average molecular weight is 337 g/mol. The zero-order valence-corrected chi connectivity index (χ0v) is 13.9. The normalized spacial score (nSPS) is 15.6. The van der Waals surface area contributed by atoms with E-state index in [1.807, 2.05) is 0 Å². The van der Waals surface area contributed by atoms with Gasteiger partial charge in [-0.1, -0.05) is 78.3 Å². The highest BCUT2D eigenvalue weighted by molar-refractivity contribution is 9.10. The van der Waals surface area contributed by atoms with Crippen molar-refractivity contribution >= 4 is 26.7 Å². The maximum atomic E-state index is 3.77. The summed E-state index contributed by atoms with van der Waals surface area (Å²) in [5, 5.41) is 2.69. The first-order valence-corrected chi connectivity index (χ1v) is 8.17. The van der Waals surface area contributed by atoms with Gasteiger partial charge in [0.25, 0.3) is 0 Å². The molecule has 3 aromatic rings. The molecule has 104 valence electrons. The molecule has 0 fully saturated rings. The van der Waals surface area contributed by atoms with E-state index < -0.39 is 0 Å². The SMILES string of the molecule is CC1(C)c2ccccc2Cc2c1cc(Br)c1ccccc21. The van der Waals surface area contributed by atoms with Crippen molar-refractivity contribution in [3.63, 3.8) is 0 Å². The second kappa shape index (κ2) is 4.45. The molecule has 0 amide bonds. The Morgan fingerprint density at radius 1 is 0.857 bits per heavy atom. The first-order chi connectivity index (χ1) is 10.1. The van der Waals surface area contributed by atoms with Gasteiger partial charge in [-0.15, -0.1) is 0 Å². The molecule has 4 rings (SSSR count). The van der Waals surface area contributed by atoms with Gasteiger partial charge in [-0.3, -0.25) is 0 Å². The lowest BCUT2D eigenvalue weighted by Gasteiger charge is -2.36. The maximum Gasteiger partial charge on any atom is 0.0256 e. The first kappa shape index (κ1) is 13.1. The Morgan fingerprint density at radius 3 is 2.33 bits per heavy atom. The minimum absolute atomic E-state index is 0.0523. The fraction of sp³-hybridized carbons (Fsp3) is 0.200. The molecule has 21 heavy (non-hydrogen) atoms. The fourth-order valence-corrected chi connectivity index (χ4v) is 4.33. The summed E-state index contributed by atoms with van der Waals surface area (Å²) in [6.45, 7) is 4.68. The summed E-state index contributed by atoms with van der Waals surface area (Å²) in [4.78, 5) is 0. The minimum atomic E-state index is 0.0523. The van der Waals surface area contributed by atoms with Crippen LogP contribution in [0.2, 0.25) is 0 Å². The van der Waals surface area contributed by atoms with Gasteiger partial charge in [0.2, 0.25) is 0 Å². The van der Waals surface area contributed by atoms with Crippen molar-refractivity contribution in [3.05, 3.63) is 81.3 Å². The van der Waals surface area contributed by atoms with Crippen molar-refractivity contribution in [2.24, 2.45) is 0 Å². The van der Waals surface area contributed by atoms with Gasteiger partial charge >= 0.3 is 0 Å². The van der Waals surface area contributed by atoms with Gasteiger partial charge in [-0.2, -0.15) is 0 Å². The highest BCUT2D eigenvalue weighted by Gasteiger charge is 2.33. The lowest BCUT2D eigenvalue weighted by Crippen LogP contribution is -2.27. The Kier molecular flexibility index (Phi) is 2.77. The number of benzene rings is 3. The summed E-state index contributed by atoms with van der Waals surface area (Å²) in [6, 6.07) is 19.9. The van der Waals surface area contributed by atoms with Crippen LogP contribution in [0, 0.1) is 0 Å². The minimum Gasteiger partial charge on any atom is -0.0620 e. The molecule has 0 radical (unpaired) electrons. The standard InChI is InChI=1S/C20H17Br/c1-20(2)17-10-6-3-7-13(17)11-16-14-8-4-5-9-15(14)19(21)12-18(16)20/h3-10,12H,11H2,1-2H3. The van der Waals surface area contributed by atoms with E-state index in [1.54, 1.807) is 0 Å². The van der Waals surface area contributed by atoms with Crippen LogP contribution in [0.4, 0.5) is 0 Å². The van der Waals surface area contributed by atoms with Gasteiger partial charge < -0.3 is 0 Å². The van der Waals surface area contributed by atoms with Crippen molar-refractivity contribution < 1.29 is 0 Å². The molecule has 0 aliphatic heterocycles. The molecule has 0 aromatic heterocycles. The summed E-state index contributed by atoms with van der Waals surface area (Å²) < 4.78 is 1.20. The molecule has 0 saturated carbocycles. The molecule has 3 aromatic carbocycles. The molecule has 0 bridgehead atoms. The lowest BCUT2D eigenvalue weighted by molar-refractivity contribution is 0.612. The van der Waals surface area contributed by atoms with Crippen LogP contribution in [0.1, 0.15) is 36.1 Å². The summed E-state index contributed by atoms with van der Waals surface area (Å²) >= 11 is 3.77. The quantitative estimate of drug-likeness (QED) is 0.484. The molecule has 0 nitrogen and oxygen atoms in total. The predicted octanol–water partition coefficient (Wildman–Crippen LogP) is 5.83. The van der Waals surface area contributed by atoms with Gasteiger partial charge in [0.05, 0.1) is 0 Å². The van der Waals surface area contributed by atoms with Crippen LogP contribution in [0.3, 0.4) is 0 Å². The van der Waals surface area contributed by atoms with Crippen molar-refractivity contribution in [2.75, 3.05) is 0 Å². The van der Waals surface area contributed by atoms with Crippen molar-refractivity contribution in [1.82, 2.24) is 0 Å². The van der Waals surface area contributed by atoms with E-state index in [2.05, 4.69) is 84.4 Å². The maximum absolute atomic E-state index is 3.77. The molecule has 1 heteroatoms. The Balaban J connectivity index is 2.11. The third-order valence-corrected chi connectivity index (χ3v) is 5.49. The highest BCUT2D eigenvalue weighted by Crippen LogP contribution is 2.45.